The lowest BCUT2D eigenvalue weighted by Gasteiger charge is -2.24. The SMILES string of the molecule is CN=C(NCc1ccc(C(=O)NC)cc1)NCC1(C)CCCS1.I. The predicted octanol–water partition coefficient (Wildman–Crippen LogP) is 2.61. The lowest BCUT2D eigenvalue weighted by Crippen LogP contribution is -2.43. The van der Waals surface area contributed by atoms with Crippen molar-refractivity contribution < 1.29 is 4.79 Å². The van der Waals surface area contributed by atoms with Gasteiger partial charge in [-0.3, -0.25) is 9.79 Å². The molecule has 0 spiro atoms. The molecule has 1 unspecified atom stereocenters. The minimum Gasteiger partial charge on any atom is -0.355 e. The van der Waals surface area contributed by atoms with E-state index in [4.69, 9.17) is 0 Å². The molecular weight excluding hydrogens is 435 g/mol. The Labute approximate surface area is 165 Å². The molecule has 0 aromatic heterocycles. The molecule has 0 saturated carbocycles. The van der Waals surface area contributed by atoms with E-state index in [-0.39, 0.29) is 29.9 Å². The summed E-state index contributed by atoms with van der Waals surface area (Å²) in [5.74, 6) is 2.00. The number of carbonyl (C=O) groups excluding carboxylic acids is 1. The lowest BCUT2D eigenvalue weighted by molar-refractivity contribution is 0.0963. The molecule has 1 fully saturated rings. The Balaban J connectivity index is 0.00000288. The number of guanidine groups is 1. The second-order valence-corrected chi connectivity index (χ2v) is 7.64. The highest BCUT2D eigenvalue weighted by atomic mass is 127. The van der Waals surface area contributed by atoms with Gasteiger partial charge in [0.05, 0.1) is 0 Å². The van der Waals surface area contributed by atoms with Crippen molar-refractivity contribution in [2.75, 3.05) is 26.4 Å². The Kier molecular flexibility index (Phi) is 8.90. The van der Waals surface area contributed by atoms with Crippen molar-refractivity contribution in [3.8, 4) is 0 Å². The van der Waals surface area contributed by atoms with E-state index < -0.39 is 0 Å². The number of hydrogen-bond acceptors (Lipinski definition) is 3. The molecule has 1 saturated heterocycles. The first-order chi connectivity index (χ1) is 11.1. The normalized spacial score (nSPS) is 20.2. The molecule has 1 aromatic rings. The zero-order valence-electron chi connectivity index (χ0n) is 14.5. The first-order valence-electron chi connectivity index (χ1n) is 7.96. The summed E-state index contributed by atoms with van der Waals surface area (Å²) in [6.45, 7) is 3.91. The molecule has 1 amide bonds. The molecule has 0 bridgehead atoms. The van der Waals surface area contributed by atoms with Crippen LogP contribution < -0.4 is 16.0 Å². The van der Waals surface area contributed by atoms with Crippen LogP contribution in [0.15, 0.2) is 29.3 Å². The van der Waals surface area contributed by atoms with Crippen molar-refractivity contribution in [3.05, 3.63) is 35.4 Å². The van der Waals surface area contributed by atoms with Crippen molar-refractivity contribution in [3.63, 3.8) is 0 Å². The van der Waals surface area contributed by atoms with Crippen LogP contribution in [-0.2, 0) is 6.54 Å². The average molecular weight is 462 g/mol. The summed E-state index contributed by atoms with van der Waals surface area (Å²) in [5, 5.41) is 9.35. The fourth-order valence-corrected chi connectivity index (χ4v) is 3.82. The molecule has 2 rings (SSSR count). The van der Waals surface area contributed by atoms with Gasteiger partial charge in [-0.25, -0.2) is 0 Å². The van der Waals surface area contributed by atoms with Crippen LogP contribution in [0.1, 0.15) is 35.7 Å². The average Bonchev–Trinajstić information content (AvgIpc) is 3.01. The highest BCUT2D eigenvalue weighted by Crippen LogP contribution is 2.36. The highest BCUT2D eigenvalue weighted by Gasteiger charge is 2.29. The summed E-state index contributed by atoms with van der Waals surface area (Å²) in [6, 6.07) is 7.59. The third-order valence-electron chi connectivity index (χ3n) is 4.06. The van der Waals surface area contributed by atoms with Gasteiger partial charge in [-0.15, -0.1) is 24.0 Å². The Morgan fingerprint density at radius 2 is 2.00 bits per heavy atom. The van der Waals surface area contributed by atoms with E-state index in [9.17, 15) is 4.79 Å². The van der Waals surface area contributed by atoms with Gasteiger partial charge in [0, 0.05) is 37.5 Å². The van der Waals surface area contributed by atoms with Crippen LogP contribution in [0.25, 0.3) is 0 Å². The molecule has 1 heterocycles. The first-order valence-corrected chi connectivity index (χ1v) is 8.94. The predicted molar refractivity (Wildman–Crippen MR) is 114 cm³/mol. The maximum absolute atomic E-state index is 11.5. The van der Waals surface area contributed by atoms with Crippen LogP contribution in [0.4, 0.5) is 0 Å². The Morgan fingerprint density at radius 1 is 1.29 bits per heavy atom. The number of halogens is 1. The molecular formula is C17H27IN4OS. The third-order valence-corrected chi connectivity index (χ3v) is 5.60. The summed E-state index contributed by atoms with van der Waals surface area (Å²) in [6.07, 6.45) is 2.55. The summed E-state index contributed by atoms with van der Waals surface area (Å²) in [7, 11) is 3.42. The molecule has 1 aromatic carbocycles. The summed E-state index contributed by atoms with van der Waals surface area (Å²) < 4.78 is 0.312. The van der Waals surface area contributed by atoms with Gasteiger partial charge in [-0.1, -0.05) is 12.1 Å². The monoisotopic (exact) mass is 462 g/mol. The van der Waals surface area contributed by atoms with Crippen LogP contribution in [-0.4, -0.2) is 43.0 Å². The molecule has 3 N–H and O–H groups in total. The molecule has 0 aliphatic carbocycles. The van der Waals surface area contributed by atoms with Gasteiger partial charge in [-0.2, -0.15) is 11.8 Å². The van der Waals surface area contributed by atoms with Crippen LogP contribution in [0.2, 0.25) is 0 Å². The van der Waals surface area contributed by atoms with E-state index >= 15 is 0 Å². The van der Waals surface area contributed by atoms with Gasteiger partial charge in [0.1, 0.15) is 0 Å². The summed E-state index contributed by atoms with van der Waals surface area (Å²) in [5.41, 5.74) is 1.78. The van der Waals surface area contributed by atoms with Crippen molar-refractivity contribution in [1.82, 2.24) is 16.0 Å². The quantitative estimate of drug-likeness (QED) is 0.358. The summed E-state index contributed by atoms with van der Waals surface area (Å²) >= 11 is 2.03. The van der Waals surface area contributed by atoms with E-state index in [0.29, 0.717) is 16.9 Å². The van der Waals surface area contributed by atoms with Gasteiger partial charge in [0.2, 0.25) is 0 Å². The number of hydrogen-bond donors (Lipinski definition) is 3. The minimum absolute atomic E-state index is 0. The molecule has 1 atom stereocenters. The van der Waals surface area contributed by atoms with Gasteiger partial charge in [0.25, 0.3) is 5.91 Å². The van der Waals surface area contributed by atoms with Crippen LogP contribution in [0.3, 0.4) is 0 Å². The fraction of sp³-hybridized carbons (Fsp3) is 0.529. The van der Waals surface area contributed by atoms with Gasteiger partial charge in [0.15, 0.2) is 5.96 Å². The first kappa shape index (κ1) is 21.1. The molecule has 134 valence electrons. The molecule has 7 heteroatoms. The lowest BCUT2D eigenvalue weighted by atomic mass is 10.1. The standard InChI is InChI=1S/C17H26N4OS.HI/c1-17(9-4-10-23-17)12-21-16(19-3)20-11-13-5-7-14(8-6-13)15(22)18-2;/h5-8H,4,9-12H2,1-3H3,(H,18,22)(H2,19,20,21);1H. The van der Waals surface area contributed by atoms with E-state index in [0.717, 1.165) is 18.1 Å². The van der Waals surface area contributed by atoms with E-state index in [1.807, 2.05) is 36.0 Å². The van der Waals surface area contributed by atoms with E-state index in [1.54, 1.807) is 14.1 Å². The van der Waals surface area contributed by atoms with Crippen molar-refractivity contribution in [2.45, 2.75) is 31.1 Å². The smallest absolute Gasteiger partial charge is 0.251 e. The van der Waals surface area contributed by atoms with Crippen LogP contribution in [0, 0.1) is 0 Å². The Bertz CT molecular complexity index is 556. The maximum atomic E-state index is 11.5. The second kappa shape index (κ2) is 10.1. The van der Waals surface area contributed by atoms with Crippen molar-refractivity contribution in [1.29, 1.82) is 0 Å². The zero-order valence-corrected chi connectivity index (χ0v) is 17.7. The number of aliphatic imine (C=N–C) groups is 1. The number of benzene rings is 1. The third kappa shape index (κ3) is 6.16. The molecule has 1 aliphatic heterocycles. The van der Waals surface area contributed by atoms with Gasteiger partial charge in [-0.05, 0) is 43.2 Å². The maximum Gasteiger partial charge on any atom is 0.251 e. The van der Waals surface area contributed by atoms with Gasteiger partial charge >= 0.3 is 0 Å². The number of rotatable bonds is 5. The minimum atomic E-state index is -0.0655. The van der Waals surface area contributed by atoms with E-state index in [2.05, 4.69) is 27.9 Å². The van der Waals surface area contributed by atoms with Gasteiger partial charge < -0.3 is 16.0 Å². The Hall–Kier alpha value is -0.960. The largest absolute Gasteiger partial charge is 0.355 e. The van der Waals surface area contributed by atoms with Crippen LogP contribution in [0.5, 0.6) is 0 Å². The molecule has 5 nitrogen and oxygen atoms in total. The van der Waals surface area contributed by atoms with Crippen molar-refractivity contribution in [2.24, 2.45) is 4.99 Å². The fourth-order valence-electron chi connectivity index (χ4n) is 2.57. The van der Waals surface area contributed by atoms with Crippen molar-refractivity contribution >= 4 is 47.6 Å². The number of nitrogens with one attached hydrogen (secondary N) is 3. The highest BCUT2D eigenvalue weighted by molar-refractivity contribution is 14.0. The topological polar surface area (TPSA) is 65.5 Å². The Morgan fingerprint density at radius 3 is 2.54 bits per heavy atom. The molecule has 0 radical (unpaired) electrons. The second-order valence-electron chi connectivity index (χ2n) is 5.96. The number of thioether (sulfide) groups is 1. The number of nitrogens with zero attached hydrogens (tertiary/aromatic N) is 1. The molecule has 1 aliphatic rings. The molecule has 24 heavy (non-hydrogen) atoms. The summed E-state index contributed by atoms with van der Waals surface area (Å²) in [4.78, 5) is 15.8. The van der Waals surface area contributed by atoms with E-state index in [1.165, 1.54) is 18.6 Å². The number of carbonyl (C=O) groups is 1. The zero-order chi connectivity index (χ0) is 16.7. The van der Waals surface area contributed by atoms with Crippen LogP contribution >= 0.6 is 35.7 Å². The number of amides is 1.